The van der Waals surface area contributed by atoms with Gasteiger partial charge in [-0.2, -0.15) is 0 Å². The Kier molecular flexibility index (Phi) is 3.46. The minimum atomic E-state index is -0.364. The van der Waals surface area contributed by atoms with Crippen LogP contribution in [-0.2, 0) is 0 Å². The molecule has 3 N–H and O–H groups in total. The normalized spacial score (nSPS) is 20.9. The standard InChI is InChI=1S/C13H20N2O/c1-15-7-5-10(6-8-15)13(16)11-3-2-4-12(14)9-11/h2-4,9-10,13,16H,5-8,14H2,1H3. The number of nitrogens with zero attached hydrogens (tertiary/aromatic N) is 1. The van der Waals surface area contributed by atoms with E-state index in [1.54, 1.807) is 0 Å². The second-order valence-corrected chi connectivity index (χ2v) is 4.76. The lowest BCUT2D eigenvalue weighted by Crippen LogP contribution is -2.32. The minimum Gasteiger partial charge on any atom is -0.399 e. The highest BCUT2D eigenvalue weighted by Crippen LogP contribution is 2.30. The molecule has 88 valence electrons. The maximum Gasteiger partial charge on any atom is 0.0819 e. The summed E-state index contributed by atoms with van der Waals surface area (Å²) in [6, 6.07) is 7.59. The predicted octanol–water partition coefficient (Wildman–Crippen LogP) is 1.64. The van der Waals surface area contributed by atoms with Crippen molar-refractivity contribution in [3.05, 3.63) is 29.8 Å². The van der Waals surface area contributed by atoms with Crippen LogP contribution in [0.2, 0.25) is 0 Å². The van der Waals surface area contributed by atoms with E-state index in [1.165, 1.54) is 0 Å². The van der Waals surface area contributed by atoms with Gasteiger partial charge >= 0.3 is 0 Å². The number of likely N-dealkylation sites (tertiary alicyclic amines) is 1. The molecule has 1 aromatic carbocycles. The Morgan fingerprint density at radius 2 is 2.06 bits per heavy atom. The van der Waals surface area contributed by atoms with Gasteiger partial charge in [-0.1, -0.05) is 12.1 Å². The van der Waals surface area contributed by atoms with Crippen LogP contribution in [-0.4, -0.2) is 30.1 Å². The Labute approximate surface area is 96.9 Å². The molecule has 2 rings (SSSR count). The van der Waals surface area contributed by atoms with Crippen LogP contribution in [0.25, 0.3) is 0 Å². The van der Waals surface area contributed by atoms with E-state index in [9.17, 15) is 5.11 Å². The summed E-state index contributed by atoms with van der Waals surface area (Å²) in [4.78, 5) is 2.31. The molecule has 0 aromatic heterocycles. The summed E-state index contributed by atoms with van der Waals surface area (Å²) >= 11 is 0. The first-order chi connectivity index (χ1) is 7.66. The first-order valence-electron chi connectivity index (χ1n) is 5.89. The number of hydrogen-bond acceptors (Lipinski definition) is 3. The van der Waals surface area contributed by atoms with Crippen LogP contribution >= 0.6 is 0 Å². The molecule has 1 fully saturated rings. The van der Waals surface area contributed by atoms with Crippen LogP contribution in [0, 0.1) is 5.92 Å². The average molecular weight is 220 g/mol. The van der Waals surface area contributed by atoms with Crippen molar-refractivity contribution < 1.29 is 5.11 Å². The van der Waals surface area contributed by atoms with Gasteiger partial charge in [-0.25, -0.2) is 0 Å². The van der Waals surface area contributed by atoms with E-state index in [-0.39, 0.29) is 6.10 Å². The molecule has 0 amide bonds. The number of nitrogen functional groups attached to an aromatic ring is 1. The number of aliphatic hydroxyl groups excluding tert-OH is 1. The highest BCUT2D eigenvalue weighted by Gasteiger charge is 2.24. The topological polar surface area (TPSA) is 49.5 Å². The molecule has 3 heteroatoms. The third-order valence-electron chi connectivity index (χ3n) is 3.46. The smallest absolute Gasteiger partial charge is 0.0819 e. The van der Waals surface area contributed by atoms with Crippen molar-refractivity contribution in [3.8, 4) is 0 Å². The summed E-state index contributed by atoms with van der Waals surface area (Å²) in [5.41, 5.74) is 7.41. The maximum atomic E-state index is 10.3. The van der Waals surface area contributed by atoms with E-state index < -0.39 is 0 Å². The van der Waals surface area contributed by atoms with Crippen LogP contribution in [0.5, 0.6) is 0 Å². The number of anilines is 1. The second-order valence-electron chi connectivity index (χ2n) is 4.76. The number of aliphatic hydroxyl groups is 1. The van der Waals surface area contributed by atoms with Gasteiger partial charge in [0.25, 0.3) is 0 Å². The third-order valence-corrected chi connectivity index (χ3v) is 3.46. The van der Waals surface area contributed by atoms with E-state index in [1.807, 2.05) is 24.3 Å². The Morgan fingerprint density at radius 1 is 1.38 bits per heavy atom. The molecule has 3 nitrogen and oxygen atoms in total. The predicted molar refractivity (Wildman–Crippen MR) is 66.0 cm³/mol. The summed E-state index contributed by atoms with van der Waals surface area (Å²) in [5, 5.41) is 10.3. The second kappa shape index (κ2) is 4.85. The summed E-state index contributed by atoms with van der Waals surface area (Å²) in [6.07, 6.45) is 1.76. The van der Waals surface area contributed by atoms with Crippen LogP contribution in [0.15, 0.2) is 24.3 Å². The molecule has 0 saturated carbocycles. The van der Waals surface area contributed by atoms with Gasteiger partial charge in [0, 0.05) is 5.69 Å². The summed E-state index contributed by atoms with van der Waals surface area (Å²) < 4.78 is 0. The molecule has 1 aliphatic rings. The molecule has 1 heterocycles. The highest BCUT2D eigenvalue weighted by molar-refractivity contribution is 5.41. The van der Waals surface area contributed by atoms with E-state index in [0.29, 0.717) is 5.92 Å². The fraction of sp³-hybridized carbons (Fsp3) is 0.538. The summed E-state index contributed by atoms with van der Waals surface area (Å²) in [7, 11) is 2.13. The van der Waals surface area contributed by atoms with Crippen molar-refractivity contribution in [1.82, 2.24) is 4.90 Å². The van der Waals surface area contributed by atoms with E-state index >= 15 is 0 Å². The fourth-order valence-corrected chi connectivity index (χ4v) is 2.36. The number of nitrogens with two attached hydrogens (primary N) is 1. The van der Waals surface area contributed by atoms with E-state index in [4.69, 9.17) is 5.73 Å². The van der Waals surface area contributed by atoms with Gasteiger partial charge in [0.1, 0.15) is 0 Å². The third kappa shape index (κ3) is 2.54. The van der Waals surface area contributed by atoms with Crippen molar-refractivity contribution in [2.75, 3.05) is 25.9 Å². The van der Waals surface area contributed by atoms with Gasteiger partial charge in [0.05, 0.1) is 6.10 Å². The van der Waals surface area contributed by atoms with E-state index in [0.717, 1.165) is 37.2 Å². The van der Waals surface area contributed by atoms with Crippen molar-refractivity contribution >= 4 is 5.69 Å². The van der Waals surface area contributed by atoms with Gasteiger partial charge in [-0.05, 0) is 56.6 Å². The number of rotatable bonds is 2. The molecule has 0 aliphatic carbocycles. The Hall–Kier alpha value is -1.06. The Morgan fingerprint density at radius 3 is 2.69 bits per heavy atom. The maximum absolute atomic E-state index is 10.3. The van der Waals surface area contributed by atoms with Crippen LogP contribution in [0.3, 0.4) is 0 Å². The molecule has 0 bridgehead atoms. The molecular formula is C13H20N2O. The first kappa shape index (κ1) is 11.4. The van der Waals surface area contributed by atoms with Crippen molar-refractivity contribution in [2.45, 2.75) is 18.9 Å². The van der Waals surface area contributed by atoms with Gasteiger partial charge in [-0.15, -0.1) is 0 Å². The van der Waals surface area contributed by atoms with Crippen LogP contribution in [0.4, 0.5) is 5.69 Å². The largest absolute Gasteiger partial charge is 0.399 e. The Bertz CT molecular complexity index is 346. The van der Waals surface area contributed by atoms with Gasteiger partial charge in [0.15, 0.2) is 0 Å². The SMILES string of the molecule is CN1CCC(C(O)c2cccc(N)c2)CC1. The summed E-state index contributed by atoms with van der Waals surface area (Å²) in [5.74, 6) is 0.373. The quantitative estimate of drug-likeness (QED) is 0.745. The molecule has 1 unspecified atom stereocenters. The molecule has 0 spiro atoms. The lowest BCUT2D eigenvalue weighted by molar-refractivity contribution is 0.0658. The van der Waals surface area contributed by atoms with Gasteiger partial charge in [0.2, 0.25) is 0 Å². The molecule has 16 heavy (non-hydrogen) atoms. The van der Waals surface area contributed by atoms with Crippen molar-refractivity contribution in [1.29, 1.82) is 0 Å². The van der Waals surface area contributed by atoms with Gasteiger partial charge in [-0.3, -0.25) is 0 Å². The van der Waals surface area contributed by atoms with Crippen molar-refractivity contribution in [3.63, 3.8) is 0 Å². The Balaban J connectivity index is 2.04. The molecule has 1 aromatic rings. The minimum absolute atomic E-state index is 0.364. The zero-order chi connectivity index (χ0) is 11.5. The number of hydrogen-bond donors (Lipinski definition) is 2. The fourth-order valence-electron chi connectivity index (χ4n) is 2.36. The molecule has 0 radical (unpaired) electrons. The highest BCUT2D eigenvalue weighted by atomic mass is 16.3. The lowest BCUT2D eigenvalue weighted by Gasteiger charge is -2.32. The molecule has 1 saturated heterocycles. The molecular weight excluding hydrogens is 200 g/mol. The van der Waals surface area contributed by atoms with Gasteiger partial charge < -0.3 is 15.7 Å². The lowest BCUT2D eigenvalue weighted by atomic mass is 9.87. The molecule has 1 aliphatic heterocycles. The zero-order valence-corrected chi connectivity index (χ0v) is 9.76. The van der Waals surface area contributed by atoms with Crippen LogP contribution < -0.4 is 5.73 Å². The van der Waals surface area contributed by atoms with Crippen LogP contribution in [0.1, 0.15) is 24.5 Å². The van der Waals surface area contributed by atoms with E-state index in [2.05, 4.69) is 11.9 Å². The summed E-state index contributed by atoms with van der Waals surface area (Å²) in [6.45, 7) is 2.15. The zero-order valence-electron chi connectivity index (χ0n) is 9.76. The number of benzene rings is 1. The average Bonchev–Trinajstić information content (AvgIpc) is 2.29. The molecule has 1 atom stereocenters. The first-order valence-corrected chi connectivity index (χ1v) is 5.89. The van der Waals surface area contributed by atoms with Crippen molar-refractivity contribution in [2.24, 2.45) is 5.92 Å². The monoisotopic (exact) mass is 220 g/mol. The number of piperidine rings is 1.